The van der Waals surface area contributed by atoms with Crippen LogP contribution in [0.1, 0.15) is 30.5 Å². The first-order valence-corrected chi connectivity index (χ1v) is 11.2. The molecule has 2 heterocycles. The lowest BCUT2D eigenvalue weighted by Crippen LogP contribution is -2.12. The molecule has 0 saturated heterocycles. The highest BCUT2D eigenvalue weighted by Gasteiger charge is 2.29. The summed E-state index contributed by atoms with van der Waals surface area (Å²) in [5.41, 5.74) is 4.25. The first-order chi connectivity index (χ1) is 16.2. The predicted octanol–water partition coefficient (Wildman–Crippen LogP) is 4.63. The van der Waals surface area contributed by atoms with E-state index in [1.807, 2.05) is 48.5 Å². The van der Waals surface area contributed by atoms with Crippen LogP contribution in [-0.2, 0) is 17.6 Å². The van der Waals surface area contributed by atoms with Gasteiger partial charge in [-0.25, -0.2) is 9.97 Å². The molecular formula is C25H26N6O2. The van der Waals surface area contributed by atoms with Gasteiger partial charge in [0, 0.05) is 28.2 Å². The molecule has 168 valence electrons. The van der Waals surface area contributed by atoms with Crippen LogP contribution in [0, 0.1) is 5.92 Å². The van der Waals surface area contributed by atoms with Gasteiger partial charge in [0.15, 0.2) is 5.82 Å². The van der Waals surface area contributed by atoms with Crippen LogP contribution in [0.4, 0.5) is 17.3 Å². The molecular weight excluding hydrogens is 416 g/mol. The van der Waals surface area contributed by atoms with Crippen LogP contribution in [-0.4, -0.2) is 33.2 Å². The molecule has 8 nitrogen and oxygen atoms in total. The highest BCUT2D eigenvalue weighted by Crippen LogP contribution is 2.31. The number of aromatic nitrogens is 4. The zero-order chi connectivity index (χ0) is 22.6. The van der Waals surface area contributed by atoms with Gasteiger partial charge in [0.1, 0.15) is 17.9 Å². The number of hydrogen-bond acceptors (Lipinski definition) is 6. The molecule has 2 aliphatic carbocycles. The summed E-state index contributed by atoms with van der Waals surface area (Å²) in [4.78, 5) is 20.1. The second-order valence-electron chi connectivity index (χ2n) is 8.24. The number of ether oxygens (including phenoxy) is 1. The summed E-state index contributed by atoms with van der Waals surface area (Å²) in [6, 6.07) is 15.4. The molecule has 2 aliphatic rings. The molecule has 0 spiro atoms. The number of carbonyl (C=O) groups is 1. The van der Waals surface area contributed by atoms with Crippen LogP contribution in [0.15, 0.2) is 54.9 Å². The number of rotatable bonds is 5. The number of fused-ring (bicyclic) bond motifs is 2. The van der Waals surface area contributed by atoms with E-state index in [9.17, 15) is 4.79 Å². The van der Waals surface area contributed by atoms with Crippen molar-refractivity contribution in [2.24, 2.45) is 5.92 Å². The Kier molecular flexibility index (Phi) is 5.89. The molecule has 4 aromatic rings. The van der Waals surface area contributed by atoms with Gasteiger partial charge in [-0.3, -0.25) is 9.89 Å². The summed E-state index contributed by atoms with van der Waals surface area (Å²) in [7, 11) is 1.62. The number of aromatic amines is 1. The Morgan fingerprint density at radius 1 is 1.03 bits per heavy atom. The third-order valence-corrected chi connectivity index (χ3v) is 5.89. The second-order valence-corrected chi connectivity index (χ2v) is 8.24. The zero-order valence-corrected chi connectivity index (χ0v) is 18.5. The first kappa shape index (κ1) is 20.9. The summed E-state index contributed by atoms with van der Waals surface area (Å²) >= 11 is 0. The number of hydrogen-bond donors (Lipinski definition) is 3. The largest absolute Gasteiger partial charge is 0.497 e. The van der Waals surface area contributed by atoms with E-state index in [2.05, 4.69) is 30.8 Å². The van der Waals surface area contributed by atoms with Crippen LogP contribution in [0.5, 0.6) is 5.75 Å². The van der Waals surface area contributed by atoms with Crippen molar-refractivity contribution < 1.29 is 9.53 Å². The highest BCUT2D eigenvalue weighted by molar-refractivity contribution is 5.94. The van der Waals surface area contributed by atoms with Gasteiger partial charge in [-0.05, 0) is 68.5 Å². The molecule has 1 fully saturated rings. The van der Waals surface area contributed by atoms with Crippen LogP contribution in [0.2, 0.25) is 0 Å². The Bertz CT molecular complexity index is 1260. The molecule has 2 aromatic carbocycles. The molecule has 0 radical (unpaired) electrons. The molecule has 33 heavy (non-hydrogen) atoms. The normalized spacial score (nSPS) is 14.2. The number of methoxy groups -OCH3 is 1. The maximum atomic E-state index is 11.4. The standard InChI is InChI=1S/C14H13N5.C11H13NO2/c1-2-6-12-10(4-1)14(19-18-12)17-13-9-5-3-7-11(9)15-8-16-13;1-14-10-6-4-9(5-7-10)12-11(13)8-2-3-8/h1-2,4,6,8H,3,5,7H2,(H2,15,16,17,18,19);4-8H,2-3H2,1H3,(H,12,13). The molecule has 8 heteroatoms. The molecule has 0 atom stereocenters. The van der Waals surface area contributed by atoms with E-state index in [1.54, 1.807) is 13.4 Å². The Labute approximate surface area is 191 Å². The molecule has 6 rings (SSSR count). The number of H-pyrrole nitrogens is 1. The maximum absolute atomic E-state index is 11.4. The van der Waals surface area contributed by atoms with E-state index in [0.29, 0.717) is 0 Å². The van der Waals surface area contributed by atoms with Gasteiger partial charge in [-0.1, -0.05) is 12.1 Å². The van der Waals surface area contributed by atoms with Gasteiger partial charge >= 0.3 is 0 Å². The van der Waals surface area contributed by atoms with Crippen LogP contribution >= 0.6 is 0 Å². The van der Waals surface area contributed by atoms with Gasteiger partial charge in [-0.2, -0.15) is 5.10 Å². The average molecular weight is 443 g/mol. The van der Waals surface area contributed by atoms with E-state index < -0.39 is 0 Å². The molecule has 0 aliphatic heterocycles. The smallest absolute Gasteiger partial charge is 0.227 e. The SMILES string of the molecule is COc1ccc(NC(=O)C2CC2)cc1.c1ccc2c(Nc3ncnc4c3CCC4)n[nH]c2c1. The number of anilines is 3. The Morgan fingerprint density at radius 3 is 2.64 bits per heavy atom. The molecule has 3 N–H and O–H groups in total. The minimum Gasteiger partial charge on any atom is -0.497 e. The van der Waals surface area contributed by atoms with Crippen molar-refractivity contribution in [3.63, 3.8) is 0 Å². The van der Waals surface area contributed by atoms with Crippen LogP contribution in [0.25, 0.3) is 10.9 Å². The zero-order valence-electron chi connectivity index (χ0n) is 18.5. The Hall–Kier alpha value is -3.94. The number of amides is 1. The summed E-state index contributed by atoms with van der Waals surface area (Å²) in [5.74, 6) is 2.89. The average Bonchev–Trinajstić information content (AvgIpc) is 3.46. The lowest BCUT2D eigenvalue weighted by atomic mass is 10.2. The van der Waals surface area contributed by atoms with Crippen molar-refractivity contribution in [1.82, 2.24) is 20.2 Å². The van der Waals surface area contributed by atoms with E-state index in [1.165, 1.54) is 5.56 Å². The van der Waals surface area contributed by atoms with Gasteiger partial charge in [-0.15, -0.1) is 0 Å². The van der Waals surface area contributed by atoms with Crippen molar-refractivity contribution in [2.75, 3.05) is 17.7 Å². The fraction of sp³-hybridized carbons (Fsp3) is 0.280. The summed E-state index contributed by atoms with van der Waals surface area (Å²) in [6.45, 7) is 0. The van der Waals surface area contributed by atoms with Crippen molar-refractivity contribution in [2.45, 2.75) is 32.1 Å². The van der Waals surface area contributed by atoms with Gasteiger partial charge in [0.25, 0.3) is 0 Å². The van der Waals surface area contributed by atoms with Crippen molar-refractivity contribution in [1.29, 1.82) is 0 Å². The lowest BCUT2D eigenvalue weighted by molar-refractivity contribution is -0.117. The van der Waals surface area contributed by atoms with Gasteiger partial charge in [0.2, 0.25) is 5.91 Å². The van der Waals surface area contributed by atoms with E-state index in [-0.39, 0.29) is 11.8 Å². The van der Waals surface area contributed by atoms with Crippen LogP contribution < -0.4 is 15.4 Å². The first-order valence-electron chi connectivity index (χ1n) is 11.2. The minimum absolute atomic E-state index is 0.134. The van der Waals surface area contributed by atoms with E-state index >= 15 is 0 Å². The Balaban J connectivity index is 0.000000146. The van der Waals surface area contributed by atoms with Crippen molar-refractivity contribution in [3.05, 3.63) is 66.1 Å². The van der Waals surface area contributed by atoms with Crippen molar-refractivity contribution >= 4 is 34.1 Å². The van der Waals surface area contributed by atoms with Gasteiger partial charge < -0.3 is 15.4 Å². The monoisotopic (exact) mass is 442 g/mol. The topological polar surface area (TPSA) is 105 Å². The summed E-state index contributed by atoms with van der Waals surface area (Å²) in [5, 5.41) is 14.6. The minimum atomic E-state index is 0.134. The number of carbonyl (C=O) groups excluding carboxylic acids is 1. The molecule has 0 unspecified atom stereocenters. The fourth-order valence-corrected chi connectivity index (χ4v) is 3.90. The third-order valence-electron chi connectivity index (χ3n) is 5.89. The summed E-state index contributed by atoms with van der Waals surface area (Å²) < 4.78 is 5.02. The fourth-order valence-electron chi connectivity index (χ4n) is 3.90. The second kappa shape index (κ2) is 9.28. The van der Waals surface area contributed by atoms with Crippen molar-refractivity contribution in [3.8, 4) is 5.75 Å². The lowest BCUT2D eigenvalue weighted by Gasteiger charge is -2.07. The highest BCUT2D eigenvalue weighted by atomic mass is 16.5. The molecule has 2 aromatic heterocycles. The Morgan fingerprint density at radius 2 is 1.85 bits per heavy atom. The van der Waals surface area contributed by atoms with Gasteiger partial charge in [0.05, 0.1) is 12.6 Å². The number of para-hydroxylation sites is 1. The van der Waals surface area contributed by atoms with E-state index in [4.69, 9.17) is 4.74 Å². The maximum Gasteiger partial charge on any atom is 0.227 e. The number of benzene rings is 2. The van der Waals surface area contributed by atoms with E-state index in [0.717, 1.165) is 71.8 Å². The number of nitrogens with one attached hydrogen (secondary N) is 3. The van der Waals surface area contributed by atoms with Crippen LogP contribution in [0.3, 0.4) is 0 Å². The summed E-state index contributed by atoms with van der Waals surface area (Å²) in [6.07, 6.45) is 6.93. The molecule has 1 saturated carbocycles. The molecule has 0 bridgehead atoms. The predicted molar refractivity (Wildman–Crippen MR) is 128 cm³/mol. The number of nitrogens with zero attached hydrogens (tertiary/aromatic N) is 3. The molecule has 1 amide bonds. The third kappa shape index (κ3) is 4.79. The number of aryl methyl sites for hydroxylation is 1. The quantitative estimate of drug-likeness (QED) is 0.416.